The molecule has 1 saturated heterocycles. The van der Waals surface area contributed by atoms with Gasteiger partial charge in [0.15, 0.2) is 0 Å². The first kappa shape index (κ1) is 15.6. The van der Waals surface area contributed by atoms with Crippen LogP contribution in [0.2, 0.25) is 5.02 Å². The summed E-state index contributed by atoms with van der Waals surface area (Å²) < 4.78 is 5.71. The van der Waals surface area contributed by atoms with Gasteiger partial charge in [-0.25, -0.2) is 0 Å². The summed E-state index contributed by atoms with van der Waals surface area (Å²) in [5, 5.41) is 1.37. The monoisotopic (exact) mass is 314 g/mol. The minimum atomic E-state index is 0.659. The Balaban J connectivity index is 1.66. The molecule has 1 fully saturated rings. The van der Waals surface area contributed by atoms with E-state index in [-0.39, 0.29) is 0 Å². The third-order valence-electron chi connectivity index (χ3n) is 3.36. The summed E-state index contributed by atoms with van der Waals surface area (Å²) in [7, 11) is 0. The number of benzene rings is 1. The van der Waals surface area contributed by atoms with E-state index in [9.17, 15) is 0 Å². The highest BCUT2D eigenvalue weighted by molar-refractivity contribution is 6.32. The fourth-order valence-corrected chi connectivity index (χ4v) is 2.62. The van der Waals surface area contributed by atoms with Crippen molar-refractivity contribution in [2.24, 2.45) is 0 Å². The molecule has 0 bridgehead atoms. The maximum Gasteiger partial charge on any atom is 0.137 e. The van der Waals surface area contributed by atoms with Crippen molar-refractivity contribution in [3.63, 3.8) is 0 Å². The van der Waals surface area contributed by atoms with Gasteiger partial charge in [0, 0.05) is 44.3 Å². The number of hydrogen-bond donors (Lipinski definition) is 0. The minimum Gasteiger partial charge on any atom is -0.491 e. The molecule has 0 unspecified atom stereocenters. The highest BCUT2D eigenvalue weighted by Gasteiger charge is 2.16. The van der Waals surface area contributed by atoms with E-state index in [1.54, 1.807) is 0 Å². The lowest BCUT2D eigenvalue weighted by Crippen LogP contribution is -2.47. The fourth-order valence-electron chi connectivity index (χ4n) is 2.26. The molecule has 110 valence electrons. The average Bonchev–Trinajstić information content (AvgIpc) is 2.42. The van der Waals surface area contributed by atoms with Crippen molar-refractivity contribution in [3.05, 3.63) is 40.9 Å². The molecule has 0 saturated carbocycles. The zero-order chi connectivity index (χ0) is 14.4. The van der Waals surface area contributed by atoms with Crippen LogP contribution in [0.4, 0.5) is 0 Å². The molecule has 1 heterocycles. The molecule has 0 atom stereocenters. The topological polar surface area (TPSA) is 15.7 Å². The predicted octanol–water partition coefficient (Wildman–Crippen LogP) is 3.09. The van der Waals surface area contributed by atoms with Crippen LogP contribution in [0.15, 0.2) is 35.9 Å². The van der Waals surface area contributed by atoms with Crippen LogP contribution in [0.25, 0.3) is 0 Å². The van der Waals surface area contributed by atoms with E-state index >= 15 is 0 Å². The van der Waals surface area contributed by atoms with Crippen LogP contribution >= 0.6 is 23.2 Å². The van der Waals surface area contributed by atoms with E-state index in [0.29, 0.717) is 16.7 Å². The lowest BCUT2D eigenvalue weighted by atomic mass is 10.3. The Kier molecular flexibility index (Phi) is 6.17. The number of rotatable bonds is 6. The van der Waals surface area contributed by atoms with E-state index < -0.39 is 0 Å². The van der Waals surface area contributed by atoms with E-state index in [2.05, 4.69) is 16.4 Å². The van der Waals surface area contributed by atoms with Crippen LogP contribution < -0.4 is 4.74 Å². The van der Waals surface area contributed by atoms with Crippen molar-refractivity contribution in [2.75, 3.05) is 45.9 Å². The van der Waals surface area contributed by atoms with Gasteiger partial charge in [0.1, 0.15) is 12.4 Å². The number of nitrogens with zero attached hydrogens (tertiary/aromatic N) is 2. The molecule has 2 rings (SSSR count). The Bertz CT molecular complexity index is 445. The number of piperazine rings is 1. The first-order valence-electron chi connectivity index (χ1n) is 6.80. The standard InChI is InChI=1S/C15H20Cl2N2O/c1-13(16)12-19-8-6-18(7-9-19)10-11-20-15-5-3-2-4-14(15)17/h2-5H,1,6-12H2. The van der Waals surface area contributed by atoms with Crippen LogP contribution in [-0.2, 0) is 0 Å². The normalized spacial score (nSPS) is 17.1. The SMILES string of the molecule is C=C(Cl)CN1CCN(CCOc2ccccc2Cl)CC1. The Hall–Kier alpha value is -0.740. The molecule has 1 aliphatic rings. The molecule has 0 spiro atoms. The molecule has 20 heavy (non-hydrogen) atoms. The minimum absolute atomic E-state index is 0.659. The Labute approximate surface area is 130 Å². The molecule has 1 aliphatic heterocycles. The van der Waals surface area contributed by atoms with Gasteiger partial charge < -0.3 is 4.74 Å². The molecule has 0 amide bonds. The molecule has 0 N–H and O–H groups in total. The summed E-state index contributed by atoms with van der Waals surface area (Å²) in [5.41, 5.74) is 0. The molecule has 3 nitrogen and oxygen atoms in total. The van der Waals surface area contributed by atoms with Crippen molar-refractivity contribution < 1.29 is 4.74 Å². The van der Waals surface area contributed by atoms with Gasteiger partial charge in [0.25, 0.3) is 0 Å². The Morgan fingerprint density at radius 2 is 1.80 bits per heavy atom. The fraction of sp³-hybridized carbons (Fsp3) is 0.467. The van der Waals surface area contributed by atoms with Crippen LogP contribution in [0, 0.1) is 0 Å². The smallest absolute Gasteiger partial charge is 0.137 e. The first-order valence-corrected chi connectivity index (χ1v) is 7.56. The second-order valence-corrected chi connectivity index (χ2v) is 5.86. The highest BCUT2D eigenvalue weighted by atomic mass is 35.5. The maximum absolute atomic E-state index is 6.05. The van der Waals surface area contributed by atoms with Crippen LogP contribution in [-0.4, -0.2) is 55.7 Å². The van der Waals surface area contributed by atoms with Crippen molar-refractivity contribution in [1.29, 1.82) is 0 Å². The second kappa shape index (κ2) is 7.89. The summed E-state index contributed by atoms with van der Waals surface area (Å²) in [6, 6.07) is 7.57. The zero-order valence-electron chi connectivity index (χ0n) is 11.5. The van der Waals surface area contributed by atoms with Crippen molar-refractivity contribution in [3.8, 4) is 5.75 Å². The molecule has 1 aromatic rings. The van der Waals surface area contributed by atoms with Crippen LogP contribution in [0.1, 0.15) is 0 Å². The number of hydrogen-bond acceptors (Lipinski definition) is 3. The van der Waals surface area contributed by atoms with Gasteiger partial charge in [0.05, 0.1) is 5.02 Å². The third kappa shape index (κ3) is 4.98. The summed E-state index contributed by atoms with van der Waals surface area (Å²) in [6.45, 7) is 10.2. The maximum atomic E-state index is 6.05. The van der Waals surface area contributed by atoms with Crippen molar-refractivity contribution in [2.45, 2.75) is 0 Å². The van der Waals surface area contributed by atoms with Gasteiger partial charge in [-0.05, 0) is 12.1 Å². The van der Waals surface area contributed by atoms with E-state index in [1.165, 1.54) is 0 Å². The first-order chi connectivity index (χ1) is 9.65. The molecule has 1 aromatic carbocycles. The van der Waals surface area contributed by atoms with E-state index in [0.717, 1.165) is 45.0 Å². The summed E-state index contributed by atoms with van der Waals surface area (Å²) >= 11 is 11.9. The number of ether oxygens (including phenoxy) is 1. The van der Waals surface area contributed by atoms with Crippen molar-refractivity contribution in [1.82, 2.24) is 9.80 Å². The van der Waals surface area contributed by atoms with Crippen molar-refractivity contribution >= 4 is 23.2 Å². The van der Waals surface area contributed by atoms with E-state index in [1.807, 2.05) is 24.3 Å². The number of halogens is 2. The Morgan fingerprint density at radius 3 is 2.45 bits per heavy atom. The van der Waals surface area contributed by atoms with E-state index in [4.69, 9.17) is 27.9 Å². The van der Waals surface area contributed by atoms with Crippen LogP contribution in [0.5, 0.6) is 5.75 Å². The highest BCUT2D eigenvalue weighted by Crippen LogP contribution is 2.22. The molecule has 0 aromatic heterocycles. The summed E-state index contributed by atoms with van der Waals surface area (Å²) in [4.78, 5) is 4.71. The second-order valence-electron chi connectivity index (χ2n) is 4.91. The lowest BCUT2D eigenvalue weighted by Gasteiger charge is -2.34. The average molecular weight is 315 g/mol. The lowest BCUT2D eigenvalue weighted by molar-refractivity contribution is 0.124. The molecule has 5 heteroatoms. The van der Waals surface area contributed by atoms with Gasteiger partial charge in [0.2, 0.25) is 0 Å². The van der Waals surface area contributed by atoms with Gasteiger partial charge in [-0.2, -0.15) is 0 Å². The van der Waals surface area contributed by atoms with Gasteiger partial charge >= 0.3 is 0 Å². The molecular weight excluding hydrogens is 295 g/mol. The summed E-state index contributed by atoms with van der Waals surface area (Å²) in [5.74, 6) is 0.756. The quantitative estimate of drug-likeness (QED) is 0.802. The Morgan fingerprint density at radius 1 is 1.15 bits per heavy atom. The zero-order valence-corrected chi connectivity index (χ0v) is 13.0. The van der Waals surface area contributed by atoms with Gasteiger partial charge in [-0.15, -0.1) is 0 Å². The molecule has 0 aliphatic carbocycles. The van der Waals surface area contributed by atoms with Crippen LogP contribution in [0.3, 0.4) is 0 Å². The molecular formula is C15H20Cl2N2O. The molecule has 0 radical (unpaired) electrons. The summed E-state index contributed by atoms with van der Waals surface area (Å²) in [6.07, 6.45) is 0. The third-order valence-corrected chi connectivity index (χ3v) is 3.79. The number of para-hydroxylation sites is 1. The van der Waals surface area contributed by atoms with Gasteiger partial charge in [-0.3, -0.25) is 9.80 Å². The predicted molar refractivity (Wildman–Crippen MR) is 84.8 cm³/mol. The largest absolute Gasteiger partial charge is 0.491 e. The van der Waals surface area contributed by atoms with Gasteiger partial charge in [-0.1, -0.05) is 41.9 Å².